The van der Waals surface area contributed by atoms with Crippen LogP contribution in [0.2, 0.25) is 5.02 Å². The second kappa shape index (κ2) is 5.12. The van der Waals surface area contributed by atoms with Crippen molar-refractivity contribution in [1.29, 1.82) is 0 Å². The van der Waals surface area contributed by atoms with Crippen LogP contribution in [0, 0.1) is 0 Å². The molecule has 0 aliphatic heterocycles. The van der Waals surface area contributed by atoms with Gasteiger partial charge in [-0.05, 0) is 35.4 Å². The Morgan fingerprint density at radius 1 is 1.00 bits per heavy atom. The maximum absolute atomic E-state index is 5.88. The molecule has 0 amide bonds. The lowest BCUT2D eigenvalue weighted by Gasteiger charge is -2.05. The molecule has 0 aliphatic rings. The lowest BCUT2D eigenvalue weighted by Crippen LogP contribution is -1.85. The molecule has 0 bridgehead atoms. The van der Waals surface area contributed by atoms with Crippen molar-refractivity contribution in [2.75, 3.05) is 0 Å². The van der Waals surface area contributed by atoms with E-state index >= 15 is 0 Å². The molecule has 1 N–H and O–H groups in total. The smallest absolute Gasteiger partial charge is 0.258 e. The summed E-state index contributed by atoms with van der Waals surface area (Å²) in [6.07, 6.45) is 1.52. The van der Waals surface area contributed by atoms with E-state index in [1.54, 1.807) is 0 Å². The van der Waals surface area contributed by atoms with Crippen LogP contribution in [0.25, 0.3) is 11.1 Å². The van der Waals surface area contributed by atoms with E-state index in [1.807, 2.05) is 48.5 Å². The SMILES string of the molecule is Clc1ccc(-c2cccc(Oc3cn[nH]n3)c2)cc1. The average Bonchev–Trinajstić information content (AvgIpc) is 2.93. The monoisotopic (exact) mass is 271 g/mol. The predicted molar refractivity (Wildman–Crippen MR) is 73.3 cm³/mol. The maximum atomic E-state index is 5.88. The van der Waals surface area contributed by atoms with E-state index < -0.39 is 0 Å². The lowest BCUT2D eigenvalue weighted by atomic mass is 10.1. The summed E-state index contributed by atoms with van der Waals surface area (Å²) in [5, 5.41) is 10.8. The number of H-pyrrole nitrogens is 1. The zero-order chi connectivity index (χ0) is 13.1. The molecule has 0 saturated heterocycles. The van der Waals surface area contributed by atoms with Crippen LogP contribution >= 0.6 is 11.6 Å². The summed E-state index contributed by atoms with van der Waals surface area (Å²) in [6.45, 7) is 0. The molecule has 1 aromatic heterocycles. The van der Waals surface area contributed by atoms with Crippen molar-refractivity contribution in [2.24, 2.45) is 0 Å². The number of nitrogens with one attached hydrogen (secondary N) is 1. The Morgan fingerprint density at radius 3 is 2.58 bits per heavy atom. The molecule has 0 atom stereocenters. The van der Waals surface area contributed by atoms with Crippen molar-refractivity contribution in [2.45, 2.75) is 0 Å². The summed E-state index contributed by atoms with van der Waals surface area (Å²) >= 11 is 5.88. The number of benzene rings is 2. The number of rotatable bonds is 3. The van der Waals surface area contributed by atoms with Gasteiger partial charge in [0, 0.05) is 5.02 Å². The molecule has 5 heteroatoms. The highest BCUT2D eigenvalue weighted by Crippen LogP contribution is 2.27. The first-order valence-electron chi connectivity index (χ1n) is 5.71. The Morgan fingerprint density at radius 2 is 1.84 bits per heavy atom. The van der Waals surface area contributed by atoms with Crippen LogP contribution in [0.15, 0.2) is 54.7 Å². The standard InChI is InChI=1S/C14H10ClN3O/c15-12-6-4-10(5-7-12)11-2-1-3-13(8-11)19-14-9-16-18-17-14/h1-9H,(H,16,17,18). The zero-order valence-corrected chi connectivity index (χ0v) is 10.6. The highest BCUT2D eigenvalue weighted by molar-refractivity contribution is 6.30. The largest absolute Gasteiger partial charge is 0.436 e. The molecule has 3 rings (SSSR count). The van der Waals surface area contributed by atoms with Crippen molar-refractivity contribution in [3.63, 3.8) is 0 Å². The first kappa shape index (κ1) is 11.7. The van der Waals surface area contributed by atoms with E-state index in [2.05, 4.69) is 15.4 Å². The molecule has 0 spiro atoms. The van der Waals surface area contributed by atoms with Crippen LogP contribution in [0.5, 0.6) is 11.6 Å². The van der Waals surface area contributed by atoms with Crippen molar-refractivity contribution in [3.05, 3.63) is 59.8 Å². The zero-order valence-electron chi connectivity index (χ0n) is 9.88. The first-order valence-corrected chi connectivity index (χ1v) is 6.09. The maximum Gasteiger partial charge on any atom is 0.258 e. The lowest BCUT2D eigenvalue weighted by molar-refractivity contribution is 0.462. The van der Waals surface area contributed by atoms with Crippen LogP contribution < -0.4 is 4.74 Å². The molecule has 0 radical (unpaired) electrons. The van der Waals surface area contributed by atoms with Gasteiger partial charge in [-0.2, -0.15) is 10.3 Å². The van der Waals surface area contributed by atoms with Crippen LogP contribution in [-0.2, 0) is 0 Å². The third-order valence-corrected chi connectivity index (χ3v) is 2.88. The number of aromatic nitrogens is 3. The van der Waals surface area contributed by atoms with Gasteiger partial charge in [0.2, 0.25) is 0 Å². The number of hydrogen-bond acceptors (Lipinski definition) is 3. The fourth-order valence-electron chi connectivity index (χ4n) is 1.74. The second-order valence-corrected chi connectivity index (χ2v) is 4.38. The van der Waals surface area contributed by atoms with Gasteiger partial charge in [0.1, 0.15) is 11.9 Å². The highest BCUT2D eigenvalue weighted by Gasteiger charge is 2.03. The van der Waals surface area contributed by atoms with E-state index in [9.17, 15) is 0 Å². The first-order chi connectivity index (χ1) is 9.31. The van der Waals surface area contributed by atoms with E-state index in [1.165, 1.54) is 6.20 Å². The second-order valence-electron chi connectivity index (χ2n) is 3.95. The minimum absolute atomic E-state index is 0.438. The van der Waals surface area contributed by atoms with Crippen molar-refractivity contribution >= 4 is 11.6 Å². The number of halogens is 1. The minimum Gasteiger partial charge on any atom is -0.436 e. The molecule has 0 saturated carbocycles. The van der Waals surface area contributed by atoms with Gasteiger partial charge in [-0.3, -0.25) is 0 Å². The Kier molecular flexibility index (Phi) is 3.16. The summed E-state index contributed by atoms with van der Waals surface area (Å²) in [7, 11) is 0. The van der Waals surface area contributed by atoms with Crippen LogP contribution in [0.1, 0.15) is 0 Å². The third kappa shape index (κ3) is 2.74. The Balaban J connectivity index is 1.89. The molecule has 94 valence electrons. The van der Waals surface area contributed by atoms with Gasteiger partial charge >= 0.3 is 0 Å². The molecule has 4 nitrogen and oxygen atoms in total. The summed E-state index contributed by atoms with van der Waals surface area (Å²) in [5.74, 6) is 1.15. The molecule has 0 fully saturated rings. The molecular weight excluding hydrogens is 262 g/mol. The van der Waals surface area contributed by atoms with E-state index in [-0.39, 0.29) is 0 Å². The molecule has 0 unspecified atom stereocenters. The molecule has 1 heterocycles. The minimum atomic E-state index is 0.438. The Hall–Kier alpha value is -2.33. The van der Waals surface area contributed by atoms with Crippen LogP contribution in [0.3, 0.4) is 0 Å². The molecule has 3 aromatic rings. The van der Waals surface area contributed by atoms with Gasteiger partial charge in [-0.1, -0.05) is 35.9 Å². The molecule has 2 aromatic carbocycles. The van der Waals surface area contributed by atoms with Gasteiger partial charge in [0.05, 0.1) is 0 Å². The van der Waals surface area contributed by atoms with E-state index in [0.717, 1.165) is 16.1 Å². The van der Waals surface area contributed by atoms with Crippen LogP contribution in [-0.4, -0.2) is 15.4 Å². The molecule has 19 heavy (non-hydrogen) atoms. The highest BCUT2D eigenvalue weighted by atomic mass is 35.5. The normalized spacial score (nSPS) is 10.4. The number of aromatic amines is 1. The van der Waals surface area contributed by atoms with E-state index in [0.29, 0.717) is 11.6 Å². The Bertz CT molecular complexity index is 665. The number of nitrogens with zero attached hydrogens (tertiary/aromatic N) is 2. The fraction of sp³-hybridized carbons (Fsp3) is 0. The van der Waals surface area contributed by atoms with Gasteiger partial charge in [0.25, 0.3) is 5.88 Å². The summed E-state index contributed by atoms with van der Waals surface area (Å²) < 4.78 is 5.57. The summed E-state index contributed by atoms with van der Waals surface area (Å²) in [6, 6.07) is 15.4. The predicted octanol–water partition coefficient (Wildman–Crippen LogP) is 3.92. The molecule has 0 aliphatic carbocycles. The van der Waals surface area contributed by atoms with Crippen molar-refractivity contribution in [1.82, 2.24) is 15.4 Å². The summed E-state index contributed by atoms with van der Waals surface area (Å²) in [4.78, 5) is 0. The third-order valence-electron chi connectivity index (χ3n) is 2.63. The number of hydrogen-bond donors (Lipinski definition) is 1. The van der Waals surface area contributed by atoms with Gasteiger partial charge in [-0.25, -0.2) is 0 Å². The van der Waals surface area contributed by atoms with E-state index in [4.69, 9.17) is 16.3 Å². The average molecular weight is 272 g/mol. The Labute approximate surface area is 115 Å². The van der Waals surface area contributed by atoms with Crippen molar-refractivity contribution < 1.29 is 4.74 Å². The van der Waals surface area contributed by atoms with Gasteiger partial charge < -0.3 is 4.74 Å². The van der Waals surface area contributed by atoms with Crippen LogP contribution in [0.4, 0.5) is 0 Å². The fourth-order valence-corrected chi connectivity index (χ4v) is 1.87. The quantitative estimate of drug-likeness (QED) is 0.785. The van der Waals surface area contributed by atoms with Crippen molar-refractivity contribution in [3.8, 4) is 22.8 Å². The van der Waals surface area contributed by atoms with Gasteiger partial charge in [-0.15, -0.1) is 5.10 Å². The number of ether oxygens (including phenoxy) is 1. The molecular formula is C14H10ClN3O. The summed E-state index contributed by atoms with van der Waals surface area (Å²) in [5.41, 5.74) is 2.13. The topological polar surface area (TPSA) is 50.8 Å². The van der Waals surface area contributed by atoms with Gasteiger partial charge in [0.15, 0.2) is 0 Å².